The van der Waals surface area contributed by atoms with E-state index < -0.39 is 6.03 Å². The Morgan fingerprint density at radius 3 is 2.36 bits per heavy atom. The molecule has 0 aliphatic rings. The molecule has 0 rings (SSSR count). The first kappa shape index (κ1) is 12.9. The molecule has 82 valence electrons. The maximum absolute atomic E-state index is 10.5. The number of hydrogen-bond donors (Lipinski definition) is 2. The molecular weight excluding hydrogens is 178 g/mol. The zero-order valence-electron chi connectivity index (χ0n) is 9.50. The number of urea groups is 1. The van der Waals surface area contributed by atoms with Crippen LogP contribution in [0, 0.1) is 11.8 Å². The summed E-state index contributed by atoms with van der Waals surface area (Å²) in [5, 5.41) is 4.00. The van der Waals surface area contributed by atoms with Gasteiger partial charge in [-0.2, -0.15) is 5.10 Å². The molecule has 1 atom stereocenters. The van der Waals surface area contributed by atoms with Crippen molar-refractivity contribution in [2.75, 3.05) is 0 Å². The number of carbonyl (C=O) groups is 1. The zero-order valence-corrected chi connectivity index (χ0v) is 9.50. The summed E-state index contributed by atoms with van der Waals surface area (Å²) in [6.07, 6.45) is 2.02. The van der Waals surface area contributed by atoms with Crippen LogP contribution in [0.2, 0.25) is 0 Å². The van der Waals surface area contributed by atoms with Crippen molar-refractivity contribution in [3.05, 3.63) is 0 Å². The number of nitrogens with one attached hydrogen (secondary N) is 1. The molecule has 0 aliphatic carbocycles. The van der Waals surface area contributed by atoms with Gasteiger partial charge >= 0.3 is 6.03 Å². The molecular formula is C10H21N3O. The van der Waals surface area contributed by atoms with Crippen molar-refractivity contribution in [3.63, 3.8) is 0 Å². The Hall–Kier alpha value is -1.06. The largest absolute Gasteiger partial charge is 0.350 e. The third kappa shape index (κ3) is 5.56. The molecule has 0 aromatic rings. The van der Waals surface area contributed by atoms with E-state index in [9.17, 15) is 4.79 Å². The van der Waals surface area contributed by atoms with Crippen LogP contribution in [0.5, 0.6) is 0 Å². The van der Waals surface area contributed by atoms with Gasteiger partial charge in [-0.15, -0.1) is 0 Å². The third-order valence-electron chi connectivity index (χ3n) is 2.23. The Morgan fingerprint density at radius 2 is 2.00 bits per heavy atom. The average molecular weight is 199 g/mol. The molecule has 0 fully saturated rings. The second-order valence-corrected chi connectivity index (χ2v) is 3.95. The SMILES string of the molecule is CCC(C)CC(=NNC(N)=O)C(C)C. The highest BCUT2D eigenvalue weighted by molar-refractivity contribution is 5.87. The van der Waals surface area contributed by atoms with Crippen LogP contribution >= 0.6 is 0 Å². The minimum atomic E-state index is -0.604. The Balaban J connectivity index is 4.28. The fourth-order valence-electron chi connectivity index (χ4n) is 1.04. The van der Waals surface area contributed by atoms with Gasteiger partial charge in [-0.05, 0) is 18.3 Å². The Bertz CT molecular complexity index is 211. The number of primary amides is 1. The Morgan fingerprint density at radius 1 is 1.43 bits per heavy atom. The molecule has 0 aromatic heterocycles. The van der Waals surface area contributed by atoms with Gasteiger partial charge in [0.2, 0.25) is 0 Å². The van der Waals surface area contributed by atoms with E-state index in [1.54, 1.807) is 0 Å². The van der Waals surface area contributed by atoms with Crippen LogP contribution in [-0.2, 0) is 0 Å². The van der Waals surface area contributed by atoms with Gasteiger partial charge in [-0.25, -0.2) is 10.2 Å². The molecule has 0 aromatic carbocycles. The van der Waals surface area contributed by atoms with Gasteiger partial charge in [-0.1, -0.05) is 34.1 Å². The molecule has 0 heterocycles. The lowest BCUT2D eigenvalue weighted by Gasteiger charge is -2.13. The smallest absolute Gasteiger partial charge is 0.332 e. The second-order valence-electron chi connectivity index (χ2n) is 3.95. The minimum Gasteiger partial charge on any atom is -0.350 e. The first-order valence-electron chi connectivity index (χ1n) is 5.09. The number of rotatable bonds is 5. The Kier molecular flexibility index (Phi) is 5.92. The van der Waals surface area contributed by atoms with E-state index in [1.165, 1.54) is 0 Å². The van der Waals surface area contributed by atoms with E-state index in [0.29, 0.717) is 11.8 Å². The Labute approximate surface area is 85.9 Å². The standard InChI is InChI=1S/C10H21N3O/c1-5-8(4)6-9(7(2)3)12-13-10(11)14/h7-8H,5-6H2,1-4H3,(H3,11,13,14). The van der Waals surface area contributed by atoms with Gasteiger partial charge in [0.05, 0.1) is 0 Å². The molecule has 4 heteroatoms. The van der Waals surface area contributed by atoms with Gasteiger partial charge in [0.15, 0.2) is 0 Å². The van der Waals surface area contributed by atoms with Crippen LogP contribution in [0.4, 0.5) is 4.79 Å². The summed E-state index contributed by atoms with van der Waals surface area (Å²) < 4.78 is 0. The molecule has 0 saturated heterocycles. The monoisotopic (exact) mass is 199 g/mol. The van der Waals surface area contributed by atoms with E-state index in [1.807, 2.05) is 0 Å². The molecule has 2 amide bonds. The summed E-state index contributed by atoms with van der Waals surface area (Å²) in [6.45, 7) is 8.43. The zero-order chi connectivity index (χ0) is 11.1. The summed E-state index contributed by atoms with van der Waals surface area (Å²) in [6, 6.07) is -0.604. The lowest BCUT2D eigenvalue weighted by Crippen LogP contribution is -2.27. The molecule has 0 saturated carbocycles. The highest BCUT2D eigenvalue weighted by Gasteiger charge is 2.09. The normalized spacial score (nSPS) is 14.2. The van der Waals surface area contributed by atoms with Crippen molar-refractivity contribution in [2.24, 2.45) is 22.7 Å². The van der Waals surface area contributed by atoms with E-state index in [2.05, 4.69) is 38.2 Å². The van der Waals surface area contributed by atoms with Crippen LogP contribution in [-0.4, -0.2) is 11.7 Å². The lowest BCUT2D eigenvalue weighted by molar-refractivity contribution is 0.249. The molecule has 3 N–H and O–H groups in total. The van der Waals surface area contributed by atoms with Crippen LogP contribution < -0.4 is 11.2 Å². The van der Waals surface area contributed by atoms with Crippen LogP contribution in [0.15, 0.2) is 5.10 Å². The van der Waals surface area contributed by atoms with Crippen molar-refractivity contribution in [1.29, 1.82) is 0 Å². The molecule has 0 bridgehead atoms. The van der Waals surface area contributed by atoms with Crippen LogP contribution in [0.1, 0.15) is 40.5 Å². The highest BCUT2D eigenvalue weighted by atomic mass is 16.2. The van der Waals surface area contributed by atoms with Crippen molar-refractivity contribution in [1.82, 2.24) is 5.43 Å². The van der Waals surface area contributed by atoms with E-state index in [4.69, 9.17) is 5.73 Å². The third-order valence-corrected chi connectivity index (χ3v) is 2.23. The maximum Gasteiger partial charge on any atom is 0.332 e. The quantitative estimate of drug-likeness (QED) is 0.516. The molecule has 1 unspecified atom stereocenters. The van der Waals surface area contributed by atoms with E-state index >= 15 is 0 Å². The summed E-state index contributed by atoms with van der Waals surface area (Å²) in [5.41, 5.74) is 8.23. The number of nitrogens with zero attached hydrogens (tertiary/aromatic N) is 1. The number of hydrogen-bond acceptors (Lipinski definition) is 2. The van der Waals surface area contributed by atoms with Gasteiger partial charge in [0.1, 0.15) is 0 Å². The van der Waals surface area contributed by atoms with Crippen molar-refractivity contribution >= 4 is 11.7 Å². The van der Waals surface area contributed by atoms with Crippen LogP contribution in [0.25, 0.3) is 0 Å². The number of carbonyl (C=O) groups excluding carboxylic acids is 1. The molecule has 0 aliphatic heterocycles. The summed E-state index contributed by atoms with van der Waals surface area (Å²) in [7, 11) is 0. The average Bonchev–Trinajstić information content (AvgIpc) is 2.10. The molecule has 0 spiro atoms. The van der Waals surface area contributed by atoms with Gasteiger partial charge in [0.25, 0.3) is 0 Å². The first-order valence-corrected chi connectivity index (χ1v) is 5.09. The van der Waals surface area contributed by atoms with E-state index in [-0.39, 0.29) is 0 Å². The predicted molar refractivity (Wildman–Crippen MR) is 59.1 cm³/mol. The summed E-state index contributed by atoms with van der Waals surface area (Å²) in [5.74, 6) is 0.932. The fourth-order valence-corrected chi connectivity index (χ4v) is 1.04. The topological polar surface area (TPSA) is 67.5 Å². The second kappa shape index (κ2) is 6.40. The molecule has 14 heavy (non-hydrogen) atoms. The van der Waals surface area contributed by atoms with Crippen molar-refractivity contribution in [3.8, 4) is 0 Å². The lowest BCUT2D eigenvalue weighted by atomic mass is 9.95. The molecule has 0 radical (unpaired) electrons. The summed E-state index contributed by atoms with van der Waals surface area (Å²) >= 11 is 0. The minimum absolute atomic E-state index is 0.343. The van der Waals surface area contributed by atoms with Gasteiger partial charge < -0.3 is 5.73 Å². The fraction of sp³-hybridized carbons (Fsp3) is 0.800. The van der Waals surface area contributed by atoms with Crippen molar-refractivity contribution < 1.29 is 4.79 Å². The van der Waals surface area contributed by atoms with Gasteiger partial charge in [-0.3, -0.25) is 0 Å². The number of hydrazone groups is 1. The van der Waals surface area contributed by atoms with Crippen LogP contribution in [0.3, 0.4) is 0 Å². The number of nitrogens with two attached hydrogens (primary N) is 1. The predicted octanol–water partition coefficient (Wildman–Crippen LogP) is 2.10. The molecule has 4 nitrogen and oxygen atoms in total. The maximum atomic E-state index is 10.5. The van der Waals surface area contributed by atoms with Crippen molar-refractivity contribution in [2.45, 2.75) is 40.5 Å². The highest BCUT2D eigenvalue weighted by Crippen LogP contribution is 2.12. The summed E-state index contributed by atoms with van der Waals surface area (Å²) in [4.78, 5) is 10.5. The van der Waals surface area contributed by atoms with Gasteiger partial charge in [0, 0.05) is 5.71 Å². The first-order chi connectivity index (χ1) is 6.47. The van der Waals surface area contributed by atoms with E-state index in [0.717, 1.165) is 18.6 Å². The number of amides is 2.